The van der Waals surface area contributed by atoms with Crippen LogP contribution in [0, 0.1) is 11.8 Å². The van der Waals surface area contributed by atoms with Gasteiger partial charge >= 0.3 is 0 Å². The Morgan fingerprint density at radius 2 is 1.03 bits per heavy atom. The second-order valence-corrected chi connectivity index (χ2v) is 27.1. The molecule has 10 nitrogen and oxygen atoms in total. The van der Waals surface area contributed by atoms with Gasteiger partial charge < -0.3 is 48.2 Å². The molecule has 3 fully saturated rings. The number of hydrogen-bond acceptors (Lipinski definition) is 10. The molecule has 0 spiro atoms. The molecule has 1 aliphatic carbocycles. The van der Waals surface area contributed by atoms with Gasteiger partial charge in [0.2, 0.25) is 6.29 Å². The minimum Gasteiger partial charge on any atom is -0.472 e. The van der Waals surface area contributed by atoms with Crippen molar-refractivity contribution in [1.29, 1.82) is 0 Å². The molecule has 4 N–H and O–H groups in total. The summed E-state index contributed by atoms with van der Waals surface area (Å²) in [6.07, 6.45) is -6.31. The van der Waals surface area contributed by atoms with E-state index in [0.717, 1.165) is 20.7 Å². The van der Waals surface area contributed by atoms with Crippen molar-refractivity contribution in [1.82, 2.24) is 0 Å². The molecular weight excluding hydrogens is 781 g/mol. The average Bonchev–Trinajstić information content (AvgIpc) is 3.91. The van der Waals surface area contributed by atoms with E-state index < -0.39 is 83.3 Å². The molecule has 3 heterocycles. The zero-order chi connectivity index (χ0) is 41.8. The van der Waals surface area contributed by atoms with E-state index in [1.807, 2.05) is 78.9 Å². The molecule has 0 bridgehead atoms. The van der Waals surface area contributed by atoms with Gasteiger partial charge in [-0.05, 0) is 36.9 Å². The predicted octanol–water partition coefficient (Wildman–Crippen LogP) is 3.58. The first kappa shape index (κ1) is 42.2. The Morgan fingerprint density at radius 3 is 1.49 bits per heavy atom. The van der Waals surface area contributed by atoms with Gasteiger partial charge in [0.15, 0.2) is 6.29 Å². The summed E-state index contributed by atoms with van der Waals surface area (Å²) in [4.78, 5) is 0. The van der Waals surface area contributed by atoms with Crippen LogP contribution in [0.2, 0.25) is 10.1 Å². The van der Waals surface area contributed by atoms with Gasteiger partial charge in [-0.15, -0.1) is 0 Å². The topological polar surface area (TPSA) is 140 Å². The van der Waals surface area contributed by atoms with E-state index in [9.17, 15) is 20.4 Å². The quantitative estimate of drug-likeness (QED) is 0.124. The fourth-order valence-corrected chi connectivity index (χ4v) is 19.3. The number of fused-ring (bicyclic) bond motifs is 3. The monoisotopic (exact) mass is 838 g/mol. The molecule has 12 heteroatoms. The summed E-state index contributed by atoms with van der Waals surface area (Å²) in [5.41, 5.74) is -0.976. The number of benzene rings is 4. The van der Waals surface area contributed by atoms with E-state index in [1.165, 1.54) is 6.26 Å². The van der Waals surface area contributed by atoms with Crippen LogP contribution in [0.1, 0.15) is 41.5 Å². The molecular formula is C47H58O10Si2. The summed E-state index contributed by atoms with van der Waals surface area (Å²) in [7, 11) is -6.06. The van der Waals surface area contributed by atoms with E-state index in [2.05, 4.69) is 90.1 Å². The molecule has 8 rings (SSSR count). The third-order valence-electron chi connectivity index (χ3n) is 13.0. The molecule has 0 radical (unpaired) electrons. The zero-order valence-corrected chi connectivity index (χ0v) is 36.6. The first-order chi connectivity index (χ1) is 28.2. The smallest absolute Gasteiger partial charge is 0.261 e. The zero-order valence-electron chi connectivity index (χ0n) is 34.6. The van der Waals surface area contributed by atoms with Gasteiger partial charge in [0.1, 0.15) is 36.1 Å². The highest BCUT2D eigenvalue weighted by Gasteiger charge is 2.76. The van der Waals surface area contributed by atoms with E-state index >= 15 is 0 Å². The molecule has 3 aliphatic heterocycles. The maximum absolute atomic E-state index is 11.6. The van der Waals surface area contributed by atoms with Crippen molar-refractivity contribution in [2.24, 2.45) is 11.8 Å². The van der Waals surface area contributed by atoms with E-state index in [-0.39, 0.29) is 23.3 Å². The van der Waals surface area contributed by atoms with Gasteiger partial charge in [-0.25, -0.2) is 0 Å². The predicted molar refractivity (Wildman–Crippen MR) is 230 cm³/mol. The summed E-state index contributed by atoms with van der Waals surface area (Å²) >= 11 is 0. The van der Waals surface area contributed by atoms with Crippen LogP contribution in [0.25, 0.3) is 0 Å². The second-order valence-electron chi connectivity index (χ2n) is 18.5. The highest BCUT2D eigenvalue weighted by Crippen LogP contribution is 2.60. The normalized spacial score (nSPS) is 31.9. The van der Waals surface area contributed by atoms with Crippen molar-refractivity contribution < 1.29 is 48.2 Å². The summed E-state index contributed by atoms with van der Waals surface area (Å²) in [5, 5.41) is 49.4. The molecule has 0 unspecified atom stereocenters. The molecule has 59 heavy (non-hydrogen) atoms. The van der Waals surface area contributed by atoms with E-state index in [4.69, 9.17) is 27.8 Å². The molecule has 0 amide bonds. The first-order valence-electron chi connectivity index (χ1n) is 20.7. The Morgan fingerprint density at radius 1 is 0.576 bits per heavy atom. The van der Waals surface area contributed by atoms with Gasteiger partial charge in [-0.2, -0.15) is 0 Å². The average molecular weight is 839 g/mol. The third-order valence-corrected chi connectivity index (χ3v) is 23.0. The molecule has 11 atom stereocenters. The number of epoxide rings is 1. The number of aliphatic hydroxyl groups is 4. The Balaban J connectivity index is 1.07. The van der Waals surface area contributed by atoms with Crippen LogP contribution < -0.4 is 20.7 Å². The molecule has 2 saturated heterocycles. The van der Waals surface area contributed by atoms with Gasteiger partial charge in [0.25, 0.3) is 16.6 Å². The highest BCUT2D eigenvalue weighted by molar-refractivity contribution is 7.00. The van der Waals surface area contributed by atoms with Crippen molar-refractivity contribution in [3.05, 3.63) is 134 Å². The maximum Gasteiger partial charge on any atom is 0.261 e. The van der Waals surface area contributed by atoms with Crippen molar-refractivity contribution >= 4 is 37.4 Å². The minimum atomic E-state index is -3.06. The molecule has 0 aromatic heterocycles. The summed E-state index contributed by atoms with van der Waals surface area (Å²) in [6, 6.07) is 40.9. The molecule has 4 aromatic rings. The van der Waals surface area contributed by atoms with Gasteiger partial charge in [-0.3, -0.25) is 0 Å². The Hall–Kier alpha value is -3.51. The summed E-state index contributed by atoms with van der Waals surface area (Å²) in [5.74, 6) is -0.960. The van der Waals surface area contributed by atoms with Crippen molar-refractivity contribution in [3.63, 3.8) is 0 Å². The van der Waals surface area contributed by atoms with Crippen molar-refractivity contribution in [3.8, 4) is 0 Å². The lowest BCUT2D eigenvalue weighted by atomic mass is 9.85. The second kappa shape index (κ2) is 16.1. The first-order valence-corrected chi connectivity index (χ1v) is 24.5. The lowest BCUT2D eigenvalue weighted by Gasteiger charge is -2.47. The Labute approximate surface area is 349 Å². The number of rotatable bonds is 12. The van der Waals surface area contributed by atoms with Crippen LogP contribution in [0.4, 0.5) is 0 Å². The van der Waals surface area contributed by atoms with Crippen LogP contribution in [0.15, 0.2) is 134 Å². The van der Waals surface area contributed by atoms with Crippen LogP contribution in [0.5, 0.6) is 0 Å². The lowest BCUT2D eigenvalue weighted by molar-refractivity contribution is -0.344. The summed E-state index contributed by atoms with van der Waals surface area (Å²) < 4.78 is 39.9. The van der Waals surface area contributed by atoms with E-state index in [0.29, 0.717) is 0 Å². The SMILES string of the molecule is CC(C)(C)[Si](OC[C@H]1O[C@H](O[C@@H]2OC=C[C@H]3[C@H](O)[C@@H]4O[C@]4(CO[Si](c4ccccc4)(c4ccccc4)C(C)(C)C)[C@@H]23)[C@H](O)[C@@H](O)[C@@H]1O)(c1ccccc1)c1ccccc1. The molecule has 314 valence electrons. The number of aliphatic hydroxyl groups excluding tert-OH is 4. The fraction of sp³-hybridized carbons (Fsp3) is 0.447. The van der Waals surface area contributed by atoms with Crippen LogP contribution in [-0.4, -0.2) is 105 Å². The maximum atomic E-state index is 11.6. The van der Waals surface area contributed by atoms with Crippen molar-refractivity contribution in [2.45, 2.75) is 106 Å². The fourth-order valence-electron chi connectivity index (χ4n) is 10.1. The van der Waals surface area contributed by atoms with E-state index in [1.54, 1.807) is 0 Å². The molecule has 4 aliphatic rings. The standard InChI is InChI=1S/C47H58O10Si2/c1-45(2,3)58(31-19-11-7-12-20-31,32-21-13-8-14-22-32)53-29-36-39(49)40(50)41(51)44(55-36)56-43-37-35(27-28-52-43)38(48)42-47(37,57-42)30-54-59(46(4,5)6,33-23-15-9-16-24-33)34-25-17-10-18-26-34/h7-28,35-44,48-51H,29-30H2,1-6H3/t35-,36-,37-,38+,39-,40+,41-,42+,43+,44-,47-/m1/s1. The number of ether oxygens (including phenoxy) is 4. The lowest BCUT2D eigenvalue weighted by Crippen LogP contribution is -2.68. The van der Waals surface area contributed by atoms with Crippen LogP contribution >= 0.6 is 0 Å². The number of hydrogen-bond donors (Lipinski definition) is 4. The van der Waals surface area contributed by atoms with Gasteiger partial charge in [0.05, 0.1) is 31.5 Å². The Bertz CT molecular complexity index is 1960. The molecule has 4 aromatic carbocycles. The van der Waals surface area contributed by atoms with Gasteiger partial charge in [-0.1, -0.05) is 163 Å². The highest BCUT2D eigenvalue weighted by atomic mass is 28.4. The van der Waals surface area contributed by atoms with Gasteiger partial charge in [0, 0.05) is 5.92 Å². The molecule has 1 saturated carbocycles. The van der Waals surface area contributed by atoms with Crippen molar-refractivity contribution in [2.75, 3.05) is 13.2 Å². The largest absolute Gasteiger partial charge is 0.472 e. The Kier molecular flexibility index (Phi) is 11.5. The minimum absolute atomic E-state index is 0.0876. The van der Waals surface area contributed by atoms with Crippen LogP contribution in [-0.2, 0) is 27.8 Å². The third kappa shape index (κ3) is 7.19. The van der Waals surface area contributed by atoms with Crippen LogP contribution in [0.3, 0.4) is 0 Å². The summed E-state index contributed by atoms with van der Waals surface area (Å²) in [6.45, 7) is 13.2.